The van der Waals surface area contributed by atoms with Crippen molar-refractivity contribution in [2.75, 3.05) is 6.54 Å². The first kappa shape index (κ1) is 24.2. The highest BCUT2D eigenvalue weighted by Crippen LogP contribution is 2.29. The number of halogens is 2. The first-order valence-electron chi connectivity index (χ1n) is 10.9. The molecule has 3 aromatic carbocycles. The Balaban J connectivity index is 0.00000320. The number of benzene rings is 3. The zero-order chi connectivity index (χ0) is 20.3. The highest BCUT2D eigenvalue weighted by Gasteiger charge is 2.09. The summed E-state index contributed by atoms with van der Waals surface area (Å²) in [6.07, 6.45) is 7.81. The van der Waals surface area contributed by atoms with Gasteiger partial charge in [-0.05, 0) is 47.5 Å². The number of ether oxygens (including phenoxy) is 1. The summed E-state index contributed by atoms with van der Waals surface area (Å²) in [7, 11) is 0. The Hall–Kier alpha value is -2.10. The number of unbranched alkanes of at least 4 members (excludes halogenated alkanes) is 5. The summed E-state index contributed by atoms with van der Waals surface area (Å²) in [5.74, 6) is 0.669. The minimum atomic E-state index is -0.223. The molecule has 0 aliphatic carbocycles. The van der Waals surface area contributed by atoms with Crippen LogP contribution in [0.5, 0.6) is 5.75 Å². The maximum absolute atomic E-state index is 13.1. The second-order valence-corrected chi connectivity index (χ2v) is 7.62. The van der Waals surface area contributed by atoms with Gasteiger partial charge in [0.25, 0.3) is 0 Å². The van der Waals surface area contributed by atoms with E-state index in [1.807, 2.05) is 6.07 Å². The average molecular weight is 430 g/mol. The van der Waals surface area contributed by atoms with Gasteiger partial charge in [-0.1, -0.05) is 81.5 Å². The van der Waals surface area contributed by atoms with E-state index in [9.17, 15) is 4.39 Å². The Labute approximate surface area is 186 Å². The zero-order valence-electron chi connectivity index (χ0n) is 17.8. The molecule has 1 N–H and O–H groups in total. The smallest absolute Gasteiger partial charge is 0.124 e. The van der Waals surface area contributed by atoms with Gasteiger partial charge in [-0.2, -0.15) is 0 Å². The van der Waals surface area contributed by atoms with Gasteiger partial charge in [-0.15, -0.1) is 12.4 Å². The van der Waals surface area contributed by atoms with Gasteiger partial charge in [0, 0.05) is 12.1 Å². The molecule has 0 saturated carbocycles. The summed E-state index contributed by atoms with van der Waals surface area (Å²) < 4.78 is 19.3. The quantitative estimate of drug-likeness (QED) is 0.302. The van der Waals surface area contributed by atoms with Crippen molar-refractivity contribution in [3.63, 3.8) is 0 Å². The third-order valence-electron chi connectivity index (χ3n) is 5.31. The van der Waals surface area contributed by atoms with E-state index in [1.54, 1.807) is 12.1 Å². The molecule has 0 radical (unpaired) electrons. The van der Waals surface area contributed by atoms with Gasteiger partial charge in [-0.25, -0.2) is 4.39 Å². The summed E-state index contributed by atoms with van der Waals surface area (Å²) in [5.41, 5.74) is 2.15. The second kappa shape index (κ2) is 13.3. The lowest BCUT2D eigenvalue weighted by Crippen LogP contribution is -2.16. The normalized spacial score (nSPS) is 10.7. The van der Waals surface area contributed by atoms with Crippen LogP contribution < -0.4 is 10.1 Å². The van der Waals surface area contributed by atoms with Crippen LogP contribution in [0.25, 0.3) is 10.8 Å². The minimum Gasteiger partial charge on any atom is -0.489 e. The van der Waals surface area contributed by atoms with Crippen LogP contribution in [0.3, 0.4) is 0 Å². The van der Waals surface area contributed by atoms with Gasteiger partial charge < -0.3 is 10.1 Å². The SMILES string of the molecule is CCCCCCCCNCc1c(OCc2ccc(F)cc2)ccc2ccccc12.Cl. The van der Waals surface area contributed by atoms with Gasteiger partial charge in [0.1, 0.15) is 18.2 Å². The number of hydrogen-bond donors (Lipinski definition) is 1. The highest BCUT2D eigenvalue weighted by atomic mass is 35.5. The third-order valence-corrected chi connectivity index (χ3v) is 5.31. The Morgan fingerprint density at radius 1 is 0.833 bits per heavy atom. The highest BCUT2D eigenvalue weighted by molar-refractivity contribution is 5.87. The van der Waals surface area contributed by atoms with Crippen LogP contribution in [0.2, 0.25) is 0 Å². The van der Waals surface area contributed by atoms with Crippen molar-refractivity contribution >= 4 is 23.2 Å². The summed E-state index contributed by atoms with van der Waals surface area (Å²) in [4.78, 5) is 0. The lowest BCUT2D eigenvalue weighted by Gasteiger charge is -2.15. The molecule has 3 aromatic rings. The van der Waals surface area contributed by atoms with E-state index in [4.69, 9.17) is 4.74 Å². The first-order valence-corrected chi connectivity index (χ1v) is 10.9. The lowest BCUT2D eigenvalue weighted by atomic mass is 10.0. The number of fused-ring (bicyclic) bond motifs is 1. The van der Waals surface area contributed by atoms with Gasteiger partial charge in [0.05, 0.1) is 0 Å². The van der Waals surface area contributed by atoms with E-state index in [0.29, 0.717) is 6.61 Å². The number of hydrogen-bond acceptors (Lipinski definition) is 2. The summed E-state index contributed by atoms with van der Waals surface area (Å²) >= 11 is 0. The molecular weight excluding hydrogens is 397 g/mol. The van der Waals surface area contributed by atoms with Gasteiger partial charge >= 0.3 is 0 Å². The molecule has 0 aromatic heterocycles. The van der Waals surface area contributed by atoms with Crippen LogP contribution in [-0.2, 0) is 13.2 Å². The van der Waals surface area contributed by atoms with Crippen LogP contribution in [0.4, 0.5) is 4.39 Å². The Morgan fingerprint density at radius 3 is 2.37 bits per heavy atom. The third kappa shape index (κ3) is 7.30. The van der Waals surface area contributed by atoms with Crippen molar-refractivity contribution in [2.24, 2.45) is 0 Å². The molecule has 0 unspecified atom stereocenters. The zero-order valence-corrected chi connectivity index (χ0v) is 18.6. The molecule has 0 aliphatic rings. The molecule has 3 rings (SSSR count). The van der Waals surface area contributed by atoms with Crippen LogP contribution in [0, 0.1) is 5.82 Å². The van der Waals surface area contributed by atoms with Crippen LogP contribution in [0.15, 0.2) is 60.7 Å². The molecule has 0 bridgehead atoms. The average Bonchev–Trinajstić information content (AvgIpc) is 2.75. The maximum Gasteiger partial charge on any atom is 0.124 e. The minimum absolute atomic E-state index is 0. The Morgan fingerprint density at radius 2 is 1.57 bits per heavy atom. The van der Waals surface area contributed by atoms with E-state index in [2.05, 4.69) is 42.6 Å². The Kier molecular flexibility index (Phi) is 10.7. The molecule has 0 amide bonds. The number of nitrogens with one attached hydrogen (secondary N) is 1. The first-order chi connectivity index (χ1) is 14.3. The van der Waals surface area contributed by atoms with Crippen molar-refractivity contribution < 1.29 is 9.13 Å². The fourth-order valence-electron chi connectivity index (χ4n) is 3.62. The van der Waals surface area contributed by atoms with Crippen molar-refractivity contribution in [3.8, 4) is 5.75 Å². The molecule has 0 aliphatic heterocycles. The molecule has 30 heavy (non-hydrogen) atoms. The second-order valence-electron chi connectivity index (χ2n) is 7.62. The van der Waals surface area contributed by atoms with Crippen LogP contribution >= 0.6 is 12.4 Å². The van der Waals surface area contributed by atoms with E-state index < -0.39 is 0 Å². The summed E-state index contributed by atoms with van der Waals surface area (Å²) in [5, 5.41) is 6.04. The topological polar surface area (TPSA) is 21.3 Å². The lowest BCUT2D eigenvalue weighted by molar-refractivity contribution is 0.302. The Bertz CT molecular complexity index is 882. The van der Waals surface area contributed by atoms with Crippen molar-refractivity contribution in [1.82, 2.24) is 5.32 Å². The summed E-state index contributed by atoms with van der Waals surface area (Å²) in [6.45, 7) is 4.49. The molecule has 162 valence electrons. The molecule has 0 spiro atoms. The molecule has 0 atom stereocenters. The van der Waals surface area contributed by atoms with E-state index >= 15 is 0 Å². The van der Waals surface area contributed by atoms with Gasteiger partial charge in [-0.3, -0.25) is 0 Å². The number of rotatable bonds is 12. The van der Waals surface area contributed by atoms with Crippen LogP contribution in [0.1, 0.15) is 56.6 Å². The van der Waals surface area contributed by atoms with Gasteiger partial charge in [0.15, 0.2) is 0 Å². The van der Waals surface area contributed by atoms with Gasteiger partial charge in [0.2, 0.25) is 0 Å². The standard InChI is InChI=1S/C26H32FNO.ClH/c1-2-3-4-5-6-9-18-28-19-25-24-11-8-7-10-22(24)14-17-26(25)29-20-21-12-15-23(27)16-13-21;/h7-8,10-17,28H,2-6,9,18-20H2,1H3;1H. The van der Waals surface area contributed by atoms with E-state index in [0.717, 1.165) is 24.4 Å². The summed E-state index contributed by atoms with van der Waals surface area (Å²) in [6, 6.07) is 19.1. The monoisotopic (exact) mass is 429 g/mol. The van der Waals surface area contributed by atoms with Crippen molar-refractivity contribution in [3.05, 3.63) is 77.6 Å². The van der Waals surface area contributed by atoms with Crippen LogP contribution in [-0.4, -0.2) is 6.54 Å². The molecule has 2 nitrogen and oxygen atoms in total. The van der Waals surface area contributed by atoms with Crippen molar-refractivity contribution in [2.45, 2.75) is 58.6 Å². The fraction of sp³-hybridized carbons (Fsp3) is 0.385. The fourth-order valence-corrected chi connectivity index (χ4v) is 3.62. The maximum atomic E-state index is 13.1. The molecule has 4 heteroatoms. The predicted octanol–water partition coefficient (Wildman–Crippen LogP) is 7.43. The molecule has 0 heterocycles. The predicted molar refractivity (Wildman–Crippen MR) is 127 cm³/mol. The van der Waals surface area contributed by atoms with E-state index in [1.165, 1.54) is 67.0 Å². The molecule has 0 saturated heterocycles. The van der Waals surface area contributed by atoms with Crippen molar-refractivity contribution in [1.29, 1.82) is 0 Å². The largest absolute Gasteiger partial charge is 0.489 e. The molecular formula is C26H33ClFNO. The van der Waals surface area contributed by atoms with E-state index in [-0.39, 0.29) is 18.2 Å². The molecule has 0 fully saturated rings.